The first-order valence-electron chi connectivity index (χ1n) is 9.68. The van der Waals surface area contributed by atoms with Gasteiger partial charge in [-0.2, -0.15) is 28.5 Å². The Morgan fingerprint density at radius 3 is 2.65 bits per heavy atom. The third-order valence-electron chi connectivity index (χ3n) is 4.98. The van der Waals surface area contributed by atoms with Gasteiger partial charge in [0.15, 0.2) is 5.82 Å². The lowest BCUT2D eigenvalue weighted by Crippen LogP contribution is -2.21. The molecular formula is C21H13ClF3N7O2. The van der Waals surface area contributed by atoms with Crippen LogP contribution in [0.5, 0.6) is 0 Å². The van der Waals surface area contributed by atoms with E-state index in [9.17, 15) is 18.0 Å². The van der Waals surface area contributed by atoms with Crippen LogP contribution in [0, 0.1) is 0 Å². The molecule has 0 aliphatic rings. The number of fused-ring (bicyclic) bond motifs is 1. The topological polar surface area (TPSA) is 104 Å². The van der Waals surface area contributed by atoms with Gasteiger partial charge in [0.1, 0.15) is 22.5 Å². The maximum absolute atomic E-state index is 14.2. The number of furan rings is 1. The smallest absolute Gasteiger partial charge is 0.420 e. The number of amides is 1. The van der Waals surface area contributed by atoms with E-state index in [1.165, 1.54) is 48.8 Å². The number of anilines is 1. The normalized spacial score (nSPS) is 11.8. The predicted octanol–water partition coefficient (Wildman–Crippen LogP) is 4.73. The molecule has 4 aromatic heterocycles. The Morgan fingerprint density at radius 1 is 1.18 bits per heavy atom. The summed E-state index contributed by atoms with van der Waals surface area (Å²) < 4.78 is 48.8. The van der Waals surface area contributed by atoms with Crippen molar-refractivity contribution in [3.05, 3.63) is 71.5 Å². The second kappa shape index (κ2) is 7.99. The van der Waals surface area contributed by atoms with Crippen molar-refractivity contribution in [1.82, 2.24) is 29.8 Å². The zero-order valence-electron chi connectivity index (χ0n) is 17.2. The fourth-order valence-corrected chi connectivity index (χ4v) is 3.85. The Hall–Kier alpha value is -4.19. The number of carbonyl (C=O) groups excluding carboxylic acids is 1. The van der Waals surface area contributed by atoms with Crippen LogP contribution in [0.15, 0.2) is 59.6 Å². The summed E-state index contributed by atoms with van der Waals surface area (Å²) >= 11 is 6.19. The number of hydrogen-bond acceptors (Lipinski definition) is 6. The number of hydrogen-bond donors (Lipinski definition) is 1. The number of nitrogens with one attached hydrogen (secondary N) is 1. The van der Waals surface area contributed by atoms with Crippen LogP contribution < -0.4 is 5.32 Å². The lowest BCUT2D eigenvalue weighted by molar-refractivity contribution is -0.137. The zero-order chi connectivity index (χ0) is 24.0. The molecule has 172 valence electrons. The average Bonchev–Trinajstić information content (AvgIpc) is 3.52. The fourth-order valence-electron chi connectivity index (χ4n) is 3.60. The number of pyridine rings is 1. The number of benzene rings is 1. The zero-order valence-corrected chi connectivity index (χ0v) is 18.0. The van der Waals surface area contributed by atoms with Gasteiger partial charge in [0.05, 0.1) is 35.6 Å². The number of halogens is 4. The SMILES string of the molecule is Cn1nc(-c2cccc3occc23)c(C(F)(F)F)c1C(=O)Nc1cnc(-n2nccn2)c(Cl)c1. The van der Waals surface area contributed by atoms with Gasteiger partial charge in [-0.25, -0.2) is 4.98 Å². The Labute approximate surface area is 193 Å². The lowest BCUT2D eigenvalue weighted by Gasteiger charge is -2.12. The van der Waals surface area contributed by atoms with Crippen LogP contribution >= 0.6 is 11.6 Å². The highest BCUT2D eigenvalue weighted by molar-refractivity contribution is 6.32. The molecule has 0 saturated carbocycles. The van der Waals surface area contributed by atoms with Crippen molar-refractivity contribution in [3.8, 4) is 17.1 Å². The molecule has 5 rings (SSSR count). The van der Waals surface area contributed by atoms with E-state index in [0.29, 0.717) is 11.0 Å². The summed E-state index contributed by atoms with van der Waals surface area (Å²) in [5.41, 5.74) is -1.56. The van der Waals surface area contributed by atoms with Crippen molar-refractivity contribution in [3.63, 3.8) is 0 Å². The number of aryl methyl sites for hydroxylation is 1. The summed E-state index contributed by atoms with van der Waals surface area (Å²) in [5.74, 6) is -0.840. The van der Waals surface area contributed by atoms with Gasteiger partial charge in [0.2, 0.25) is 0 Å². The summed E-state index contributed by atoms with van der Waals surface area (Å²) in [7, 11) is 1.26. The molecule has 0 atom stereocenters. The van der Waals surface area contributed by atoms with Crippen LogP contribution in [0.1, 0.15) is 16.1 Å². The monoisotopic (exact) mass is 487 g/mol. The number of nitrogens with zero attached hydrogens (tertiary/aromatic N) is 6. The summed E-state index contributed by atoms with van der Waals surface area (Å²) in [6, 6.07) is 7.55. The molecule has 0 saturated heterocycles. The van der Waals surface area contributed by atoms with Crippen LogP contribution in [0.4, 0.5) is 18.9 Å². The van der Waals surface area contributed by atoms with Crippen LogP contribution in [0.2, 0.25) is 5.02 Å². The molecule has 0 unspecified atom stereocenters. The first kappa shape index (κ1) is 21.6. The Bertz CT molecular complexity index is 1520. The number of aromatic nitrogens is 6. The minimum absolute atomic E-state index is 0.0821. The number of carbonyl (C=O) groups is 1. The maximum atomic E-state index is 14.2. The first-order chi connectivity index (χ1) is 16.2. The largest absolute Gasteiger partial charge is 0.464 e. The molecule has 4 heterocycles. The van der Waals surface area contributed by atoms with Crippen LogP contribution in [0.25, 0.3) is 28.0 Å². The molecule has 1 N–H and O–H groups in total. The summed E-state index contributed by atoms with van der Waals surface area (Å²) in [6.45, 7) is 0. The fraction of sp³-hybridized carbons (Fsp3) is 0.0952. The quantitative estimate of drug-likeness (QED) is 0.393. The van der Waals surface area contributed by atoms with Gasteiger partial charge in [-0.3, -0.25) is 9.48 Å². The van der Waals surface area contributed by atoms with Crippen molar-refractivity contribution in [1.29, 1.82) is 0 Å². The minimum Gasteiger partial charge on any atom is -0.464 e. The molecule has 34 heavy (non-hydrogen) atoms. The van der Waals surface area contributed by atoms with E-state index in [4.69, 9.17) is 16.0 Å². The molecule has 0 fully saturated rings. The van der Waals surface area contributed by atoms with E-state index >= 15 is 0 Å². The Kier molecular flexibility index (Phi) is 5.09. The second-order valence-corrected chi connectivity index (χ2v) is 7.54. The van der Waals surface area contributed by atoms with Crippen molar-refractivity contribution < 1.29 is 22.4 Å². The Morgan fingerprint density at radius 2 is 1.94 bits per heavy atom. The highest BCUT2D eigenvalue weighted by Crippen LogP contribution is 2.41. The highest BCUT2D eigenvalue weighted by atomic mass is 35.5. The van der Waals surface area contributed by atoms with Gasteiger partial charge in [-0.1, -0.05) is 23.7 Å². The van der Waals surface area contributed by atoms with E-state index < -0.39 is 23.3 Å². The van der Waals surface area contributed by atoms with E-state index in [1.807, 2.05) is 0 Å². The molecule has 0 radical (unpaired) electrons. The highest BCUT2D eigenvalue weighted by Gasteiger charge is 2.42. The average molecular weight is 488 g/mol. The van der Waals surface area contributed by atoms with Crippen LogP contribution in [-0.4, -0.2) is 35.7 Å². The van der Waals surface area contributed by atoms with Crippen LogP contribution in [-0.2, 0) is 13.2 Å². The van der Waals surface area contributed by atoms with Crippen molar-refractivity contribution in [2.24, 2.45) is 7.05 Å². The lowest BCUT2D eigenvalue weighted by atomic mass is 10.0. The third-order valence-corrected chi connectivity index (χ3v) is 5.26. The van der Waals surface area contributed by atoms with Gasteiger partial charge in [-0.05, 0) is 18.2 Å². The van der Waals surface area contributed by atoms with Crippen molar-refractivity contribution >= 4 is 34.2 Å². The molecular weight excluding hydrogens is 475 g/mol. The number of alkyl halides is 3. The molecule has 1 aromatic carbocycles. The van der Waals surface area contributed by atoms with E-state index in [-0.39, 0.29) is 27.8 Å². The first-order valence-corrected chi connectivity index (χ1v) is 10.1. The molecule has 0 aliphatic carbocycles. The van der Waals surface area contributed by atoms with Crippen molar-refractivity contribution in [2.75, 3.05) is 5.32 Å². The van der Waals surface area contributed by atoms with E-state index in [1.54, 1.807) is 18.2 Å². The minimum atomic E-state index is -4.87. The second-order valence-electron chi connectivity index (χ2n) is 7.13. The predicted molar refractivity (Wildman–Crippen MR) is 116 cm³/mol. The number of rotatable bonds is 4. The summed E-state index contributed by atoms with van der Waals surface area (Å²) in [6.07, 6.45) is 0.594. The van der Waals surface area contributed by atoms with Crippen LogP contribution in [0.3, 0.4) is 0 Å². The summed E-state index contributed by atoms with van der Waals surface area (Å²) in [4.78, 5) is 18.2. The molecule has 5 aromatic rings. The molecule has 13 heteroatoms. The standard InChI is InChI=1S/C21H13ClF3N7O2/c1-31-18(20(33)29-11-9-14(22)19(26-10-11)32-27-6-7-28-32)16(21(23,24)25)17(30-31)13-3-2-4-15-12(13)5-8-34-15/h2-10H,1H3,(H,29,33). The maximum Gasteiger partial charge on any atom is 0.420 e. The van der Waals surface area contributed by atoms with E-state index in [0.717, 1.165) is 4.68 Å². The third kappa shape index (κ3) is 3.67. The van der Waals surface area contributed by atoms with Gasteiger partial charge < -0.3 is 9.73 Å². The molecule has 1 amide bonds. The van der Waals surface area contributed by atoms with Gasteiger partial charge in [-0.15, -0.1) is 4.80 Å². The van der Waals surface area contributed by atoms with Crippen molar-refractivity contribution in [2.45, 2.75) is 6.18 Å². The van der Waals surface area contributed by atoms with Gasteiger partial charge in [0, 0.05) is 18.0 Å². The molecule has 0 aliphatic heterocycles. The van der Waals surface area contributed by atoms with E-state index in [2.05, 4.69) is 25.6 Å². The molecule has 0 spiro atoms. The molecule has 9 nitrogen and oxygen atoms in total. The van der Waals surface area contributed by atoms with Gasteiger partial charge >= 0.3 is 6.18 Å². The Balaban J connectivity index is 1.56. The molecule has 0 bridgehead atoms. The van der Waals surface area contributed by atoms with Gasteiger partial charge in [0.25, 0.3) is 5.91 Å². The summed E-state index contributed by atoms with van der Waals surface area (Å²) in [5, 5.41) is 14.8.